The van der Waals surface area contributed by atoms with E-state index in [-0.39, 0.29) is 12.4 Å². The molecule has 2 aromatic rings. The fourth-order valence-corrected chi connectivity index (χ4v) is 3.53. The van der Waals surface area contributed by atoms with Crippen molar-refractivity contribution in [1.82, 2.24) is 0 Å². The van der Waals surface area contributed by atoms with Gasteiger partial charge in [0.15, 0.2) is 0 Å². The molecule has 1 heterocycles. The van der Waals surface area contributed by atoms with E-state index in [9.17, 15) is 20.4 Å². The molecule has 1 saturated heterocycles. The summed E-state index contributed by atoms with van der Waals surface area (Å²) in [6.45, 7) is -0.0219. The number of phenolic OH excluding ortho intramolecular Hbond substituents is 1. The molecule has 1 aliphatic rings. The van der Waals surface area contributed by atoms with E-state index >= 15 is 0 Å². The summed E-state index contributed by atoms with van der Waals surface area (Å²) in [6.07, 6.45) is -3.47. The Morgan fingerprint density at radius 2 is 1.67 bits per heavy atom. The lowest BCUT2D eigenvalue weighted by atomic mass is 10.1. The number of hydrogen-bond donors (Lipinski definition) is 4. The molecule has 1 fully saturated rings. The summed E-state index contributed by atoms with van der Waals surface area (Å²) in [6, 6.07) is 10.7. The molecule has 0 spiro atoms. The lowest BCUT2D eigenvalue weighted by Crippen LogP contribution is -2.51. The fraction of sp³-hybridized carbons (Fsp3) is 0.333. The van der Waals surface area contributed by atoms with Crippen LogP contribution in [-0.4, -0.2) is 50.8 Å². The van der Waals surface area contributed by atoms with Gasteiger partial charge in [-0.3, -0.25) is 0 Å². The summed E-state index contributed by atoms with van der Waals surface area (Å²) < 4.78 is 5.40. The van der Waals surface area contributed by atoms with Crippen molar-refractivity contribution in [3.05, 3.63) is 36.4 Å². The maximum atomic E-state index is 9.99. The van der Waals surface area contributed by atoms with Crippen LogP contribution in [-0.2, 0) is 4.74 Å². The number of aromatic hydroxyl groups is 1. The van der Waals surface area contributed by atoms with Crippen molar-refractivity contribution < 1.29 is 25.2 Å². The van der Waals surface area contributed by atoms with Crippen molar-refractivity contribution >= 4 is 22.5 Å². The molecule has 21 heavy (non-hydrogen) atoms. The predicted molar refractivity (Wildman–Crippen MR) is 79.2 cm³/mol. The summed E-state index contributed by atoms with van der Waals surface area (Å²) >= 11 is 1.26. The molecule has 0 saturated carbocycles. The maximum Gasteiger partial charge on any atom is 0.136 e. The zero-order chi connectivity index (χ0) is 15.0. The van der Waals surface area contributed by atoms with E-state index in [1.165, 1.54) is 11.8 Å². The maximum absolute atomic E-state index is 9.99. The SMILES string of the molecule is Oc1cccc2c(S[C@@H]3OC[C@@H](O)[C@H](O)[C@H]3O)cccc12. The largest absolute Gasteiger partial charge is 0.507 e. The molecule has 2 aromatic carbocycles. The highest BCUT2D eigenvalue weighted by molar-refractivity contribution is 8.00. The number of aliphatic hydroxyl groups excluding tert-OH is 3. The Balaban J connectivity index is 1.90. The van der Waals surface area contributed by atoms with Gasteiger partial charge in [0, 0.05) is 10.3 Å². The number of benzene rings is 2. The molecular weight excluding hydrogens is 292 g/mol. The van der Waals surface area contributed by atoms with Crippen molar-refractivity contribution in [2.24, 2.45) is 0 Å². The van der Waals surface area contributed by atoms with Crippen LogP contribution in [0.5, 0.6) is 5.75 Å². The first-order chi connectivity index (χ1) is 10.1. The van der Waals surface area contributed by atoms with Crippen LogP contribution in [0.15, 0.2) is 41.3 Å². The van der Waals surface area contributed by atoms with Crippen LogP contribution >= 0.6 is 11.8 Å². The third-order valence-corrected chi connectivity index (χ3v) is 4.81. The van der Waals surface area contributed by atoms with Gasteiger partial charge < -0.3 is 25.2 Å². The quantitative estimate of drug-likeness (QED) is 0.664. The van der Waals surface area contributed by atoms with Gasteiger partial charge in [-0.1, -0.05) is 36.0 Å². The first-order valence-corrected chi connectivity index (χ1v) is 7.49. The lowest BCUT2D eigenvalue weighted by molar-refractivity contribution is -0.161. The first-order valence-electron chi connectivity index (χ1n) is 6.61. The molecule has 0 unspecified atom stereocenters. The van der Waals surface area contributed by atoms with Gasteiger partial charge in [0.05, 0.1) is 6.61 Å². The number of fused-ring (bicyclic) bond motifs is 1. The van der Waals surface area contributed by atoms with E-state index < -0.39 is 23.7 Å². The Morgan fingerprint density at radius 3 is 2.48 bits per heavy atom. The third kappa shape index (κ3) is 2.73. The molecule has 0 bridgehead atoms. The van der Waals surface area contributed by atoms with Crippen LogP contribution in [0, 0.1) is 0 Å². The van der Waals surface area contributed by atoms with Gasteiger partial charge >= 0.3 is 0 Å². The third-order valence-electron chi connectivity index (χ3n) is 3.56. The van der Waals surface area contributed by atoms with Crippen molar-refractivity contribution in [3.63, 3.8) is 0 Å². The number of rotatable bonds is 2. The normalized spacial score (nSPS) is 29.7. The second-order valence-electron chi connectivity index (χ2n) is 5.00. The number of phenols is 1. The van der Waals surface area contributed by atoms with Gasteiger partial charge in [0.2, 0.25) is 0 Å². The zero-order valence-corrected chi connectivity index (χ0v) is 11.9. The molecule has 5 nitrogen and oxygen atoms in total. The smallest absolute Gasteiger partial charge is 0.136 e. The van der Waals surface area contributed by atoms with Crippen LogP contribution < -0.4 is 0 Å². The lowest BCUT2D eigenvalue weighted by Gasteiger charge is -2.34. The minimum atomic E-state index is -1.22. The Morgan fingerprint density at radius 1 is 0.952 bits per heavy atom. The second-order valence-corrected chi connectivity index (χ2v) is 6.14. The van der Waals surface area contributed by atoms with Gasteiger partial charge in [-0.2, -0.15) is 0 Å². The van der Waals surface area contributed by atoms with E-state index in [4.69, 9.17) is 4.74 Å². The highest BCUT2D eigenvalue weighted by Crippen LogP contribution is 2.37. The zero-order valence-electron chi connectivity index (χ0n) is 11.1. The molecule has 112 valence electrons. The summed E-state index contributed by atoms with van der Waals surface area (Å²) in [5.74, 6) is 0.190. The van der Waals surface area contributed by atoms with Gasteiger partial charge in [-0.15, -0.1) is 0 Å². The number of aliphatic hydroxyl groups is 3. The number of hydrogen-bond acceptors (Lipinski definition) is 6. The molecule has 0 radical (unpaired) electrons. The van der Waals surface area contributed by atoms with Gasteiger partial charge in [-0.25, -0.2) is 0 Å². The van der Waals surface area contributed by atoms with Crippen LogP contribution in [0.25, 0.3) is 10.8 Å². The highest BCUT2D eigenvalue weighted by Gasteiger charge is 2.38. The summed E-state index contributed by atoms with van der Waals surface area (Å²) in [7, 11) is 0. The summed E-state index contributed by atoms with van der Waals surface area (Å²) in [5.41, 5.74) is -0.670. The van der Waals surface area contributed by atoms with E-state index in [1.54, 1.807) is 12.1 Å². The van der Waals surface area contributed by atoms with E-state index in [0.717, 1.165) is 10.3 Å². The van der Waals surface area contributed by atoms with Crippen LogP contribution in [0.3, 0.4) is 0 Å². The van der Waals surface area contributed by atoms with Gasteiger partial charge in [0.25, 0.3) is 0 Å². The number of ether oxygens (including phenoxy) is 1. The minimum Gasteiger partial charge on any atom is -0.507 e. The topological polar surface area (TPSA) is 90.2 Å². The molecule has 3 rings (SSSR count). The van der Waals surface area contributed by atoms with Gasteiger partial charge in [-0.05, 0) is 17.5 Å². The minimum absolute atomic E-state index is 0.0219. The Hall–Kier alpha value is -1.31. The fourth-order valence-electron chi connectivity index (χ4n) is 2.38. The van der Waals surface area contributed by atoms with E-state index in [2.05, 4.69) is 0 Å². The average Bonchev–Trinajstić information content (AvgIpc) is 2.49. The Kier molecular flexibility index (Phi) is 4.05. The second kappa shape index (κ2) is 5.82. The molecule has 0 aromatic heterocycles. The van der Waals surface area contributed by atoms with Crippen molar-refractivity contribution in [3.8, 4) is 5.75 Å². The first kappa shape index (κ1) is 14.6. The molecule has 0 amide bonds. The van der Waals surface area contributed by atoms with Crippen molar-refractivity contribution in [2.75, 3.05) is 6.61 Å². The van der Waals surface area contributed by atoms with Crippen LogP contribution in [0.4, 0.5) is 0 Å². The van der Waals surface area contributed by atoms with E-state index in [1.807, 2.05) is 24.3 Å². The summed E-state index contributed by atoms with van der Waals surface area (Å²) in [4.78, 5) is 0.830. The monoisotopic (exact) mass is 308 g/mol. The van der Waals surface area contributed by atoms with E-state index in [0.29, 0.717) is 5.39 Å². The molecule has 0 aliphatic carbocycles. The molecule has 1 aliphatic heterocycles. The predicted octanol–water partition coefficient (Wildman–Crippen LogP) is 1.08. The van der Waals surface area contributed by atoms with Crippen molar-refractivity contribution in [2.45, 2.75) is 28.6 Å². The average molecular weight is 308 g/mol. The van der Waals surface area contributed by atoms with Crippen molar-refractivity contribution in [1.29, 1.82) is 0 Å². The standard InChI is InChI=1S/C15H16O5S/c16-10-5-1-4-9-8(10)3-2-6-12(9)21-15-14(19)13(18)11(17)7-20-15/h1-6,11,13-19H,7H2/t11-,13+,14-,15+/m1/s1. The highest BCUT2D eigenvalue weighted by atomic mass is 32.2. The molecular formula is C15H16O5S. The van der Waals surface area contributed by atoms with Crippen LogP contribution in [0.2, 0.25) is 0 Å². The molecule has 4 N–H and O–H groups in total. The molecule has 6 heteroatoms. The number of thioether (sulfide) groups is 1. The molecule has 4 atom stereocenters. The summed E-state index contributed by atoms with van der Waals surface area (Å²) in [5, 5.41) is 40.6. The Bertz CT molecular complexity index is 647. The van der Waals surface area contributed by atoms with Crippen LogP contribution in [0.1, 0.15) is 0 Å². The Labute approximate surface area is 125 Å². The van der Waals surface area contributed by atoms with Gasteiger partial charge in [0.1, 0.15) is 29.5 Å².